The molecule has 0 aliphatic heterocycles. The molecule has 15 aromatic rings. The summed E-state index contributed by atoms with van der Waals surface area (Å²) in [6, 6.07) is 45.7. The van der Waals surface area contributed by atoms with Gasteiger partial charge in [-0.05, 0) is 115 Å². The highest BCUT2D eigenvalue weighted by atomic mass is 32.2. The molecule has 0 spiro atoms. The summed E-state index contributed by atoms with van der Waals surface area (Å²) in [5.41, 5.74) is 28.4. The van der Waals surface area contributed by atoms with Crippen molar-refractivity contribution in [3.63, 3.8) is 0 Å². The highest BCUT2D eigenvalue weighted by Crippen LogP contribution is 2.38. The summed E-state index contributed by atoms with van der Waals surface area (Å²) in [5, 5.41) is 41.7. The first-order chi connectivity index (χ1) is 57.6. The summed E-state index contributed by atoms with van der Waals surface area (Å²) in [7, 11) is -7.86. The first-order valence-corrected chi connectivity index (χ1v) is 42.8. The molecule has 0 bridgehead atoms. The van der Waals surface area contributed by atoms with Gasteiger partial charge in [0.05, 0.1) is 90.0 Å². The van der Waals surface area contributed by atoms with E-state index in [0.29, 0.717) is 124 Å². The number of hydrogen-bond donors (Lipinski definition) is 7. The Morgan fingerprint density at radius 3 is 0.943 bits per heavy atom. The van der Waals surface area contributed by atoms with Crippen LogP contribution in [-0.2, 0) is 79.8 Å². The number of aromatic nitrogens is 15. The van der Waals surface area contributed by atoms with Gasteiger partial charge in [-0.25, -0.2) is 78.6 Å². The van der Waals surface area contributed by atoms with Gasteiger partial charge in [-0.2, -0.15) is 15.3 Å². The van der Waals surface area contributed by atoms with E-state index in [-0.39, 0.29) is 97.0 Å². The van der Waals surface area contributed by atoms with Crippen molar-refractivity contribution < 1.29 is 53.2 Å². The van der Waals surface area contributed by atoms with Crippen LogP contribution in [0.2, 0.25) is 0 Å². The van der Waals surface area contributed by atoms with Crippen LogP contribution < -0.4 is 38.3 Å². The normalized spacial score (nSPS) is 12.2. The Balaban J connectivity index is 0.000000158. The number of sulfonamides is 2. The minimum atomic E-state index is -3.84. The van der Waals surface area contributed by atoms with Crippen molar-refractivity contribution in [2.24, 2.45) is 11.1 Å². The van der Waals surface area contributed by atoms with Crippen LogP contribution in [0.15, 0.2) is 211 Å². The van der Waals surface area contributed by atoms with E-state index in [1.54, 1.807) is 154 Å². The van der Waals surface area contributed by atoms with Crippen LogP contribution in [0.4, 0.5) is 34.5 Å². The Hall–Kier alpha value is -13.8. The third-order valence-electron chi connectivity index (χ3n) is 19.0. The van der Waals surface area contributed by atoms with Crippen molar-refractivity contribution in [3.05, 3.63) is 217 Å². The Kier molecular flexibility index (Phi) is 24.1. The lowest BCUT2D eigenvalue weighted by Crippen LogP contribution is -2.22. The van der Waals surface area contributed by atoms with Gasteiger partial charge in [0.25, 0.3) is 0 Å². The van der Waals surface area contributed by atoms with Crippen molar-refractivity contribution in [2.45, 2.75) is 126 Å². The summed E-state index contributed by atoms with van der Waals surface area (Å²) >= 11 is 0. The van der Waals surface area contributed by atoms with E-state index in [9.17, 15) is 39.6 Å². The second-order valence-corrected chi connectivity index (χ2v) is 38.1. The van der Waals surface area contributed by atoms with Crippen molar-refractivity contribution in [2.75, 3.05) is 53.0 Å². The molecule has 630 valence electrons. The molecule has 0 aliphatic rings. The number of sulfone groups is 1. The predicted molar refractivity (Wildman–Crippen MR) is 461 cm³/mol. The molecule has 0 fully saturated rings. The predicted octanol–water partition coefficient (Wildman–Crippen LogP) is 11.9. The summed E-state index contributed by atoms with van der Waals surface area (Å²) in [5.74, 6) is 2.28. The zero-order valence-electron chi connectivity index (χ0n) is 68.8. The number of hydrogen-bond acceptors (Lipinski definition) is 27. The Morgan fingerprint density at radius 2 is 0.689 bits per heavy atom. The van der Waals surface area contributed by atoms with Crippen molar-refractivity contribution in [1.82, 2.24) is 79.0 Å². The van der Waals surface area contributed by atoms with Crippen LogP contribution in [0.1, 0.15) is 111 Å². The molecule has 35 nitrogen and oxygen atoms in total. The van der Waals surface area contributed by atoms with Gasteiger partial charge in [-0.15, -0.1) is 0 Å². The third kappa shape index (κ3) is 19.4. The van der Waals surface area contributed by atoms with E-state index < -0.39 is 29.9 Å². The van der Waals surface area contributed by atoms with Gasteiger partial charge in [-0.3, -0.25) is 14.4 Å². The van der Waals surface area contributed by atoms with E-state index >= 15 is 0 Å². The van der Waals surface area contributed by atoms with Crippen LogP contribution in [0.5, 0.6) is 0 Å². The molecule has 0 saturated heterocycles. The fourth-order valence-corrected chi connectivity index (χ4v) is 15.7. The minimum absolute atomic E-state index is 0.0149. The number of nitrogens with zero attached hydrogens (tertiary/aromatic N) is 16. The minimum Gasteiger partial charge on any atom is -0.383 e. The lowest BCUT2D eigenvalue weighted by atomic mass is 9.93. The number of carbonyl (C=O) groups is 3. The number of nitrogens with two attached hydrogens (primary N) is 4. The van der Waals surface area contributed by atoms with E-state index in [1.807, 2.05) is 76.2 Å². The first-order valence-electron chi connectivity index (χ1n) is 38.1. The molecule has 0 radical (unpaired) electrons. The van der Waals surface area contributed by atoms with E-state index in [0.717, 1.165) is 15.8 Å². The van der Waals surface area contributed by atoms with E-state index in [1.165, 1.54) is 57.3 Å². The van der Waals surface area contributed by atoms with Crippen LogP contribution in [0.25, 0.3) is 83.9 Å². The number of benzene rings is 6. The molecule has 122 heavy (non-hydrogen) atoms. The fourth-order valence-electron chi connectivity index (χ4n) is 12.6. The molecule has 0 aliphatic carbocycles. The fraction of sp³-hybridized carbons (Fsp3) is 0.250. The molecule has 15 rings (SSSR count). The molecule has 6 aromatic carbocycles. The second kappa shape index (κ2) is 34.1. The van der Waals surface area contributed by atoms with Crippen LogP contribution >= 0.6 is 0 Å². The van der Waals surface area contributed by atoms with Crippen LogP contribution in [-0.4, -0.2) is 142 Å². The topological polar surface area (TPSA) is 506 Å². The first kappa shape index (κ1) is 86.0. The van der Waals surface area contributed by atoms with E-state index in [4.69, 9.17) is 51.2 Å². The molecule has 0 atom stereocenters. The maximum atomic E-state index is 12.7. The number of fused-ring (bicyclic) bond motifs is 3. The smallest absolute Gasteiger partial charge is 0.242 e. The van der Waals surface area contributed by atoms with Gasteiger partial charge in [-0.1, -0.05) is 128 Å². The molecule has 9 aromatic heterocycles. The zero-order valence-corrected chi connectivity index (χ0v) is 71.3. The molecule has 0 saturated carbocycles. The number of carbonyl (C=O) groups excluding carboxylic acids is 3. The lowest BCUT2D eigenvalue weighted by molar-refractivity contribution is -0.116. The van der Waals surface area contributed by atoms with Gasteiger partial charge < -0.3 is 46.7 Å². The number of nitrogens with one attached hydrogen (secondary N) is 3. The van der Waals surface area contributed by atoms with Gasteiger partial charge in [0, 0.05) is 82.3 Å². The summed E-state index contributed by atoms with van der Waals surface area (Å²) < 4.78 is 95.7. The van der Waals surface area contributed by atoms with Gasteiger partial charge in [0.2, 0.25) is 37.8 Å². The molecule has 9 heterocycles. The maximum Gasteiger partial charge on any atom is 0.242 e. The summed E-state index contributed by atoms with van der Waals surface area (Å²) in [6.07, 6.45) is 4.31. The molecule has 3 amide bonds. The SMILES string of the molecule is CC(C)(C)c1cc(CC(=O)Nc2ccc(-n3nc(-c4ccc(S(N)(=O)=O)cc4)c4c(N)ncnc43)cc2)no1.CC(C)CS(=O)(=O)c1ccc(-c2nn(-c3ccc(NC(=O)Cc4cc(C(C)(C)C)on4)cc3)c3ncnc(N)c23)cc1.CN(C)S(=O)(=O)c1ccc(-c2nn(-c3ccc(NC(=O)Cc4cc(C(C)(C)C)on4)cc3)c3ncnc(N)c23)cc1. The Bertz CT molecular complexity index is 6760. The second-order valence-electron chi connectivity index (χ2n) is 32.3. The molecule has 0 unspecified atom stereocenters. The molecular formula is C84H89N23O12S3. The summed E-state index contributed by atoms with van der Waals surface area (Å²) in [4.78, 5) is 63.8. The molecule has 38 heteroatoms. The Morgan fingerprint density at radius 1 is 0.410 bits per heavy atom. The number of amides is 3. The highest BCUT2D eigenvalue weighted by Gasteiger charge is 2.28. The largest absolute Gasteiger partial charge is 0.383 e. The number of rotatable bonds is 21. The maximum absolute atomic E-state index is 12.7. The number of primary sulfonamides is 1. The Labute approximate surface area is 701 Å². The van der Waals surface area contributed by atoms with E-state index in [2.05, 4.69) is 61.3 Å². The third-order valence-corrected chi connectivity index (χ3v) is 23.8. The molecule has 11 N–H and O–H groups in total. The zero-order chi connectivity index (χ0) is 87.7. The van der Waals surface area contributed by atoms with Crippen molar-refractivity contribution >= 4 is 115 Å². The average Bonchev–Trinajstić information content (AvgIpc) is 1.62. The van der Waals surface area contributed by atoms with Gasteiger partial charge in [0.1, 0.15) is 70.8 Å². The average molecular weight is 1710 g/mol. The lowest BCUT2D eigenvalue weighted by Gasteiger charge is -2.12. The number of nitrogen functional groups attached to an aromatic ring is 3. The van der Waals surface area contributed by atoms with Crippen molar-refractivity contribution in [1.29, 1.82) is 0 Å². The van der Waals surface area contributed by atoms with Gasteiger partial charge >= 0.3 is 0 Å². The molecular weight excluding hydrogens is 1620 g/mol. The monoisotopic (exact) mass is 1710 g/mol. The standard InChI is InChI=1S/C30H33N7O4S.C28H30N8O4S.C26H26N8O4S/c1-18(2)16-42(39,40)23-12-6-19(7-13-23)27-26-28(31)32-17-33-29(26)37(35-27)22-10-8-20(9-11-22)34-25(38)15-21-14-24(41-36-21)30(3,4)5;1-28(2,3)22-14-19(34-40-22)15-23(37)32-18-8-10-20(11-9-18)36-27-24(26(29)30-16-31-27)25(33-36)17-6-12-21(13-7-17)41(38,39)35(4)5;1-26(2,3)20-12-17(33-38-20)13-21(35)31-16-6-8-18(9-7-16)34-25-22(24(27)29-14-30-25)23(32-34)15-4-10-19(11-5-15)39(28,36)37/h6-14,17-18H,15-16H2,1-5H3,(H,34,38)(H2,31,32,33);6-14,16H,15H2,1-5H3,(H,32,37)(H2,29,30,31);4-12,14H,13H2,1-3H3,(H,31,35)(H2,27,29,30)(H2,28,36,37). The number of anilines is 6. The van der Waals surface area contributed by atoms with Crippen LogP contribution in [0, 0.1) is 5.92 Å². The van der Waals surface area contributed by atoms with Gasteiger partial charge in [0.15, 0.2) is 26.8 Å². The van der Waals surface area contributed by atoms with Crippen LogP contribution in [0.3, 0.4) is 0 Å². The summed E-state index contributed by atoms with van der Waals surface area (Å²) in [6.45, 7) is 21.9. The highest BCUT2D eigenvalue weighted by molar-refractivity contribution is 7.91. The van der Waals surface area contributed by atoms with Crippen molar-refractivity contribution in [3.8, 4) is 50.8 Å². The quantitative estimate of drug-likeness (QED) is 0.0351.